The number of rotatable bonds is 5. The van der Waals surface area contributed by atoms with Gasteiger partial charge in [-0.3, -0.25) is 0 Å². The molecule has 28 heavy (non-hydrogen) atoms. The molecule has 0 amide bonds. The Morgan fingerprint density at radius 1 is 1.11 bits per heavy atom. The predicted molar refractivity (Wildman–Crippen MR) is 110 cm³/mol. The highest BCUT2D eigenvalue weighted by molar-refractivity contribution is 6.31. The summed E-state index contributed by atoms with van der Waals surface area (Å²) >= 11 is 6.50. The van der Waals surface area contributed by atoms with E-state index in [1.165, 1.54) is 24.0 Å². The van der Waals surface area contributed by atoms with Crippen molar-refractivity contribution in [1.29, 1.82) is 0 Å². The number of hydrogen-bond donors (Lipinski definition) is 0. The highest BCUT2D eigenvalue weighted by Crippen LogP contribution is 2.49. The van der Waals surface area contributed by atoms with E-state index >= 15 is 0 Å². The highest BCUT2D eigenvalue weighted by Gasteiger charge is 2.46. The van der Waals surface area contributed by atoms with Crippen molar-refractivity contribution in [2.75, 3.05) is 13.2 Å². The Bertz CT molecular complexity index is 864. The zero-order chi connectivity index (χ0) is 19.0. The van der Waals surface area contributed by atoms with Crippen molar-refractivity contribution < 1.29 is 14.2 Å². The van der Waals surface area contributed by atoms with Crippen LogP contribution in [0.3, 0.4) is 0 Å². The second-order valence-corrected chi connectivity index (χ2v) is 8.54. The molecule has 0 N–H and O–H groups in total. The largest absolute Gasteiger partial charge is 0.488 e. The fourth-order valence-corrected chi connectivity index (χ4v) is 4.20. The van der Waals surface area contributed by atoms with E-state index in [-0.39, 0.29) is 17.8 Å². The lowest BCUT2D eigenvalue weighted by Crippen LogP contribution is -2.20. The van der Waals surface area contributed by atoms with Gasteiger partial charge in [0.1, 0.15) is 18.0 Å². The van der Waals surface area contributed by atoms with Crippen molar-refractivity contribution in [2.24, 2.45) is 0 Å². The van der Waals surface area contributed by atoms with Crippen LogP contribution < -0.4 is 4.74 Å². The van der Waals surface area contributed by atoms with Gasteiger partial charge in [-0.25, -0.2) is 0 Å². The van der Waals surface area contributed by atoms with Gasteiger partial charge in [0.25, 0.3) is 0 Å². The zero-order valence-electron chi connectivity index (χ0n) is 15.9. The minimum absolute atomic E-state index is 0.0386. The molecule has 2 aliphatic heterocycles. The molecule has 1 saturated heterocycles. The van der Waals surface area contributed by atoms with E-state index in [9.17, 15) is 0 Å². The van der Waals surface area contributed by atoms with Gasteiger partial charge < -0.3 is 14.2 Å². The van der Waals surface area contributed by atoms with Gasteiger partial charge in [-0.15, -0.1) is 0 Å². The van der Waals surface area contributed by atoms with E-state index in [1.807, 2.05) is 18.2 Å². The van der Waals surface area contributed by atoms with E-state index in [0.717, 1.165) is 42.2 Å². The van der Waals surface area contributed by atoms with Crippen LogP contribution in [0, 0.1) is 0 Å². The summed E-state index contributed by atoms with van der Waals surface area (Å²) in [5, 5.41) is 0.799. The molecule has 3 nitrogen and oxygen atoms in total. The summed E-state index contributed by atoms with van der Waals surface area (Å²) in [5.41, 5.74) is 3.64. The molecule has 2 heterocycles. The van der Waals surface area contributed by atoms with Gasteiger partial charge in [0.2, 0.25) is 0 Å². The second-order valence-electron chi connectivity index (χ2n) is 8.13. The van der Waals surface area contributed by atoms with Crippen molar-refractivity contribution in [3.8, 4) is 5.75 Å². The minimum atomic E-state index is 0.0386. The molecule has 0 aromatic heterocycles. The SMILES string of the molecule is Clc1ccc([C@@H]2C=CCC3(CC3)O2)cc1Cc1ccc(O[C@H]2CCOC2)cc1. The van der Waals surface area contributed by atoms with E-state index in [0.29, 0.717) is 6.61 Å². The van der Waals surface area contributed by atoms with Crippen LogP contribution in [0.2, 0.25) is 5.02 Å². The van der Waals surface area contributed by atoms with Gasteiger partial charge in [0.15, 0.2) is 0 Å². The van der Waals surface area contributed by atoms with Crippen LogP contribution >= 0.6 is 11.6 Å². The third-order valence-corrected chi connectivity index (χ3v) is 6.26. The molecule has 3 aliphatic rings. The number of halogens is 1. The van der Waals surface area contributed by atoms with Crippen molar-refractivity contribution in [2.45, 2.75) is 49.9 Å². The Hall–Kier alpha value is -1.81. The fourth-order valence-electron chi connectivity index (χ4n) is 4.01. The van der Waals surface area contributed by atoms with Crippen molar-refractivity contribution >= 4 is 11.6 Å². The van der Waals surface area contributed by atoms with Gasteiger partial charge in [-0.1, -0.05) is 48.0 Å². The van der Waals surface area contributed by atoms with Crippen molar-refractivity contribution in [1.82, 2.24) is 0 Å². The third kappa shape index (κ3) is 3.98. The topological polar surface area (TPSA) is 27.7 Å². The molecular formula is C24H25ClO3. The molecule has 1 aliphatic carbocycles. The average Bonchev–Trinajstić information content (AvgIpc) is 3.24. The average molecular weight is 397 g/mol. The maximum atomic E-state index is 6.50. The Balaban J connectivity index is 1.29. The first kappa shape index (κ1) is 18.2. The normalized spacial score (nSPS) is 25.2. The van der Waals surface area contributed by atoms with Crippen LogP contribution in [-0.4, -0.2) is 24.9 Å². The second kappa shape index (κ2) is 7.55. The van der Waals surface area contributed by atoms with E-state index in [1.54, 1.807) is 0 Å². The molecule has 0 bridgehead atoms. The molecule has 2 aromatic rings. The van der Waals surface area contributed by atoms with Gasteiger partial charge in [0.05, 0.1) is 18.8 Å². The maximum Gasteiger partial charge on any atom is 0.124 e. The highest BCUT2D eigenvalue weighted by atomic mass is 35.5. The quantitative estimate of drug-likeness (QED) is 0.611. The Labute approximate surface area is 171 Å². The first-order valence-electron chi connectivity index (χ1n) is 10.2. The molecule has 1 spiro atoms. The molecular weight excluding hydrogens is 372 g/mol. The molecule has 4 heteroatoms. The molecule has 2 fully saturated rings. The fraction of sp³-hybridized carbons (Fsp3) is 0.417. The molecule has 146 valence electrons. The lowest BCUT2D eigenvalue weighted by atomic mass is 9.98. The summed E-state index contributed by atoms with van der Waals surface area (Å²) in [6.45, 7) is 1.47. The lowest BCUT2D eigenvalue weighted by molar-refractivity contribution is -0.0141. The predicted octanol–water partition coefficient (Wildman–Crippen LogP) is 5.65. The van der Waals surface area contributed by atoms with Crippen LogP contribution in [0.25, 0.3) is 0 Å². The van der Waals surface area contributed by atoms with Crippen molar-refractivity contribution in [3.63, 3.8) is 0 Å². The van der Waals surface area contributed by atoms with Crippen molar-refractivity contribution in [3.05, 3.63) is 76.3 Å². The van der Waals surface area contributed by atoms with Crippen LogP contribution in [0.5, 0.6) is 5.75 Å². The number of ether oxygens (including phenoxy) is 3. The summed E-state index contributed by atoms with van der Waals surface area (Å²) < 4.78 is 17.7. The van der Waals surface area contributed by atoms with Crippen LogP contribution in [0.15, 0.2) is 54.6 Å². The standard InChI is InChI=1S/C24H25ClO3/c25-22-8-5-18(23-2-1-10-24(28-23)11-12-24)15-19(22)14-17-3-6-20(7-4-17)27-21-9-13-26-16-21/h1-8,15,21,23H,9-14,16H2/t21-,23-/m0/s1. The maximum absolute atomic E-state index is 6.50. The molecule has 1 saturated carbocycles. The Morgan fingerprint density at radius 2 is 1.96 bits per heavy atom. The smallest absolute Gasteiger partial charge is 0.124 e. The summed E-state index contributed by atoms with van der Waals surface area (Å²) in [6.07, 6.45) is 9.81. The van der Waals surface area contributed by atoms with E-state index < -0.39 is 0 Å². The monoisotopic (exact) mass is 396 g/mol. The first-order valence-corrected chi connectivity index (χ1v) is 10.5. The summed E-state index contributed by atoms with van der Waals surface area (Å²) in [7, 11) is 0. The first-order chi connectivity index (χ1) is 13.7. The van der Waals surface area contributed by atoms with Gasteiger partial charge >= 0.3 is 0 Å². The van der Waals surface area contributed by atoms with E-state index in [2.05, 4.69) is 36.4 Å². The summed E-state index contributed by atoms with van der Waals surface area (Å²) in [5.74, 6) is 0.898. The van der Waals surface area contributed by atoms with Crippen LogP contribution in [-0.2, 0) is 15.9 Å². The molecule has 2 atom stereocenters. The minimum Gasteiger partial charge on any atom is -0.488 e. The van der Waals surface area contributed by atoms with E-state index in [4.69, 9.17) is 25.8 Å². The molecule has 5 rings (SSSR count). The van der Waals surface area contributed by atoms with Gasteiger partial charge in [-0.2, -0.15) is 0 Å². The number of hydrogen-bond acceptors (Lipinski definition) is 3. The number of benzene rings is 2. The lowest BCUT2D eigenvalue weighted by Gasteiger charge is -2.26. The molecule has 2 aromatic carbocycles. The summed E-state index contributed by atoms with van der Waals surface area (Å²) in [6, 6.07) is 14.6. The zero-order valence-corrected chi connectivity index (χ0v) is 16.7. The van der Waals surface area contributed by atoms with Crippen LogP contribution in [0.1, 0.15) is 48.5 Å². The molecule has 0 radical (unpaired) electrons. The molecule has 0 unspecified atom stereocenters. The van der Waals surface area contributed by atoms with Gasteiger partial charge in [0, 0.05) is 11.4 Å². The Kier molecular flexibility index (Phi) is 4.92. The van der Waals surface area contributed by atoms with Crippen LogP contribution in [0.4, 0.5) is 0 Å². The Morgan fingerprint density at radius 3 is 2.71 bits per heavy atom. The summed E-state index contributed by atoms with van der Waals surface area (Å²) in [4.78, 5) is 0. The van der Waals surface area contributed by atoms with Gasteiger partial charge in [-0.05, 0) is 60.6 Å². The third-order valence-electron chi connectivity index (χ3n) is 5.89.